The van der Waals surface area contributed by atoms with Gasteiger partial charge in [0, 0.05) is 11.0 Å². The van der Waals surface area contributed by atoms with Crippen LogP contribution in [0.1, 0.15) is 28.6 Å². The van der Waals surface area contributed by atoms with Crippen molar-refractivity contribution in [3.05, 3.63) is 88.5 Å². The van der Waals surface area contributed by atoms with E-state index in [4.69, 9.17) is 9.52 Å². The van der Waals surface area contributed by atoms with Crippen molar-refractivity contribution in [2.45, 2.75) is 19.4 Å². The summed E-state index contributed by atoms with van der Waals surface area (Å²) < 4.78 is 30.4. The third-order valence-corrected chi connectivity index (χ3v) is 5.90. The molecule has 3 rings (SSSR count). The van der Waals surface area contributed by atoms with Gasteiger partial charge in [-0.1, -0.05) is 42.5 Å². The average molecular weight is 426 g/mol. The van der Waals surface area contributed by atoms with Crippen LogP contribution in [0.25, 0.3) is 17.4 Å². The fraction of sp³-hybridized carbons (Fsp3) is 0.174. The van der Waals surface area contributed by atoms with E-state index in [1.54, 1.807) is 12.1 Å². The maximum atomic E-state index is 12.4. The summed E-state index contributed by atoms with van der Waals surface area (Å²) in [5, 5.41) is 19.5. The number of hydrogen-bond donors (Lipinski definition) is 2. The van der Waals surface area contributed by atoms with Crippen molar-refractivity contribution >= 4 is 21.9 Å². The first-order valence-electron chi connectivity index (χ1n) is 9.31. The molecule has 30 heavy (non-hydrogen) atoms. The van der Waals surface area contributed by atoms with Gasteiger partial charge in [0.15, 0.2) is 15.9 Å². The maximum absolute atomic E-state index is 12.4. The van der Waals surface area contributed by atoms with Crippen molar-refractivity contribution in [1.29, 1.82) is 0 Å². The van der Waals surface area contributed by atoms with Crippen molar-refractivity contribution in [2.75, 3.05) is 5.75 Å². The summed E-state index contributed by atoms with van der Waals surface area (Å²) >= 11 is 0. The molecule has 1 atom stereocenters. The Kier molecular flexibility index (Phi) is 6.54. The minimum absolute atomic E-state index is 0.0417. The molecule has 0 aliphatic carbocycles. The number of carbonyl (C=O) groups is 1. The number of carboxylic acids is 1. The van der Waals surface area contributed by atoms with Gasteiger partial charge in [0.25, 0.3) is 0 Å². The Morgan fingerprint density at radius 2 is 1.83 bits per heavy atom. The van der Waals surface area contributed by atoms with Gasteiger partial charge in [-0.15, -0.1) is 0 Å². The van der Waals surface area contributed by atoms with Crippen LogP contribution in [0.3, 0.4) is 0 Å². The minimum Gasteiger partial charge on any atom is -0.479 e. The zero-order chi connectivity index (χ0) is 21.7. The molecule has 1 aromatic heterocycles. The van der Waals surface area contributed by atoms with Crippen LogP contribution in [-0.4, -0.2) is 30.4 Å². The van der Waals surface area contributed by atoms with Crippen LogP contribution in [0.5, 0.6) is 0 Å². The van der Waals surface area contributed by atoms with E-state index < -0.39 is 21.9 Å². The summed E-state index contributed by atoms with van der Waals surface area (Å²) in [6.07, 6.45) is 0.214. The van der Waals surface area contributed by atoms with Crippen LogP contribution in [-0.2, 0) is 21.1 Å². The van der Waals surface area contributed by atoms with E-state index in [1.165, 1.54) is 18.2 Å². The van der Waals surface area contributed by atoms with E-state index in [0.29, 0.717) is 12.0 Å². The monoisotopic (exact) mass is 426 g/mol. The molecule has 7 heteroatoms. The van der Waals surface area contributed by atoms with Crippen LogP contribution in [0.15, 0.2) is 70.5 Å². The first-order valence-corrected chi connectivity index (χ1v) is 11.0. The number of hydrogen-bond acceptors (Lipinski definition) is 5. The second kappa shape index (κ2) is 9.11. The molecule has 0 aliphatic heterocycles. The lowest BCUT2D eigenvalue weighted by Crippen LogP contribution is -2.10. The first kappa shape index (κ1) is 21.5. The molecule has 1 unspecified atom stereocenters. The number of aliphatic hydroxyl groups excluding tert-OH is 1. The highest BCUT2D eigenvalue weighted by Gasteiger charge is 2.15. The summed E-state index contributed by atoms with van der Waals surface area (Å²) in [7, 11) is -3.44. The second-order valence-corrected chi connectivity index (χ2v) is 8.94. The summed E-state index contributed by atoms with van der Waals surface area (Å²) in [6.45, 7) is 1.87. The SMILES string of the molecule is Cc1ccc(-c2cccc(CCS(=O)(=O)C=Cc3ccc(C(O)C(=O)O)cc3)c2)o1. The van der Waals surface area contributed by atoms with E-state index in [-0.39, 0.29) is 11.3 Å². The number of aliphatic hydroxyl groups is 1. The van der Waals surface area contributed by atoms with Crippen LogP contribution in [0, 0.1) is 6.92 Å². The van der Waals surface area contributed by atoms with Crippen LogP contribution in [0.4, 0.5) is 0 Å². The summed E-state index contributed by atoms with van der Waals surface area (Å²) in [4.78, 5) is 10.8. The van der Waals surface area contributed by atoms with Crippen LogP contribution < -0.4 is 0 Å². The average Bonchev–Trinajstić information content (AvgIpc) is 3.17. The summed E-state index contributed by atoms with van der Waals surface area (Å²) in [5.41, 5.74) is 2.62. The molecule has 2 aromatic carbocycles. The highest BCUT2D eigenvalue weighted by Crippen LogP contribution is 2.23. The Hall–Kier alpha value is -3.16. The molecule has 0 fully saturated rings. The lowest BCUT2D eigenvalue weighted by molar-refractivity contribution is -0.146. The van der Waals surface area contributed by atoms with Gasteiger partial charge >= 0.3 is 5.97 Å². The lowest BCUT2D eigenvalue weighted by atomic mass is 10.1. The normalized spacial score (nSPS) is 12.9. The zero-order valence-electron chi connectivity index (χ0n) is 16.4. The molecule has 6 nitrogen and oxygen atoms in total. The molecule has 0 saturated carbocycles. The number of aryl methyl sites for hydroxylation is 2. The van der Waals surface area contributed by atoms with Crippen molar-refractivity contribution in [3.8, 4) is 11.3 Å². The number of rotatable bonds is 8. The smallest absolute Gasteiger partial charge is 0.337 e. The highest BCUT2D eigenvalue weighted by atomic mass is 32.2. The molecule has 0 spiro atoms. The number of furan rings is 1. The molecule has 0 amide bonds. The number of aliphatic carboxylic acids is 1. The van der Waals surface area contributed by atoms with Crippen LogP contribution >= 0.6 is 0 Å². The molecular weight excluding hydrogens is 404 g/mol. The quantitative estimate of drug-likeness (QED) is 0.564. The Morgan fingerprint density at radius 1 is 1.10 bits per heavy atom. The van der Waals surface area contributed by atoms with Gasteiger partial charge < -0.3 is 14.6 Å². The predicted molar refractivity (Wildman–Crippen MR) is 114 cm³/mol. The van der Waals surface area contributed by atoms with E-state index in [2.05, 4.69) is 0 Å². The minimum atomic E-state index is -3.44. The van der Waals surface area contributed by atoms with Gasteiger partial charge in [-0.3, -0.25) is 0 Å². The molecular formula is C23H22O6S. The zero-order valence-corrected chi connectivity index (χ0v) is 17.2. The lowest BCUT2D eigenvalue weighted by Gasteiger charge is -2.05. The number of sulfone groups is 1. The highest BCUT2D eigenvalue weighted by molar-refractivity contribution is 7.94. The third kappa shape index (κ3) is 5.68. The van der Waals surface area contributed by atoms with Gasteiger partial charge in [0.1, 0.15) is 11.5 Å². The van der Waals surface area contributed by atoms with E-state index in [9.17, 15) is 18.3 Å². The van der Waals surface area contributed by atoms with Gasteiger partial charge in [0.05, 0.1) is 5.75 Å². The number of carboxylic acid groups (broad SMARTS) is 1. The van der Waals surface area contributed by atoms with Crippen molar-refractivity contribution in [1.82, 2.24) is 0 Å². The maximum Gasteiger partial charge on any atom is 0.337 e. The van der Waals surface area contributed by atoms with E-state index >= 15 is 0 Å². The van der Waals surface area contributed by atoms with E-state index in [1.807, 2.05) is 43.3 Å². The second-order valence-electron chi connectivity index (χ2n) is 6.94. The fourth-order valence-electron chi connectivity index (χ4n) is 2.91. The topological polar surface area (TPSA) is 105 Å². The molecule has 156 valence electrons. The standard InChI is InChI=1S/C23H22O6S/c1-16-5-10-21(29-16)20-4-2-3-18(15-20)12-14-30(27,28)13-11-17-6-8-19(9-7-17)22(24)23(25)26/h2-11,13,15,22,24H,12,14H2,1H3,(H,25,26). The van der Waals surface area contributed by atoms with E-state index in [0.717, 1.165) is 28.1 Å². The third-order valence-electron chi connectivity index (χ3n) is 4.58. The molecule has 0 radical (unpaired) electrons. The Balaban J connectivity index is 1.64. The number of benzene rings is 2. The summed E-state index contributed by atoms with van der Waals surface area (Å²) in [6, 6.07) is 17.4. The van der Waals surface area contributed by atoms with Gasteiger partial charge in [-0.2, -0.15) is 0 Å². The van der Waals surface area contributed by atoms with Crippen molar-refractivity contribution in [2.24, 2.45) is 0 Å². The molecule has 1 heterocycles. The molecule has 0 saturated heterocycles. The first-order chi connectivity index (χ1) is 14.2. The van der Waals surface area contributed by atoms with Crippen molar-refractivity contribution < 1.29 is 27.8 Å². The Labute approximate surface area is 175 Å². The Morgan fingerprint density at radius 3 is 2.47 bits per heavy atom. The van der Waals surface area contributed by atoms with Crippen LogP contribution in [0.2, 0.25) is 0 Å². The Bertz CT molecular complexity index is 1160. The largest absolute Gasteiger partial charge is 0.479 e. The molecule has 0 bridgehead atoms. The van der Waals surface area contributed by atoms with Gasteiger partial charge in [0.2, 0.25) is 0 Å². The fourth-order valence-corrected chi connectivity index (χ4v) is 3.93. The molecule has 2 N–H and O–H groups in total. The summed E-state index contributed by atoms with van der Waals surface area (Å²) in [5.74, 6) is 0.175. The molecule has 3 aromatic rings. The molecule has 0 aliphatic rings. The van der Waals surface area contributed by atoms with Gasteiger partial charge in [-0.25, -0.2) is 13.2 Å². The van der Waals surface area contributed by atoms with Gasteiger partial charge in [-0.05, 0) is 54.3 Å². The predicted octanol–water partition coefficient (Wildman–Crippen LogP) is 4.00. The van der Waals surface area contributed by atoms with Crippen molar-refractivity contribution in [3.63, 3.8) is 0 Å².